The lowest BCUT2D eigenvalue weighted by Gasteiger charge is -2.36. The zero-order chi connectivity index (χ0) is 14.1. The highest BCUT2D eigenvalue weighted by molar-refractivity contribution is 6.74. The van der Waals surface area contributed by atoms with Crippen LogP contribution in [0.25, 0.3) is 0 Å². The molecule has 1 aliphatic heterocycles. The van der Waals surface area contributed by atoms with Gasteiger partial charge >= 0.3 is 0 Å². The summed E-state index contributed by atoms with van der Waals surface area (Å²) in [6.07, 6.45) is 0.295. The summed E-state index contributed by atoms with van der Waals surface area (Å²) in [6.45, 7) is 12.7. The molecule has 0 amide bonds. The van der Waals surface area contributed by atoms with Gasteiger partial charge in [0, 0.05) is 0 Å². The van der Waals surface area contributed by atoms with Gasteiger partial charge < -0.3 is 13.9 Å². The average molecular weight is 280 g/mol. The van der Waals surface area contributed by atoms with Gasteiger partial charge in [-0.05, 0) is 42.4 Å². The normalized spacial score (nSPS) is 19.1. The summed E-state index contributed by atoms with van der Waals surface area (Å²) < 4.78 is 16.9. The Morgan fingerprint density at radius 3 is 2.16 bits per heavy atom. The van der Waals surface area contributed by atoms with Crippen molar-refractivity contribution in [2.75, 3.05) is 13.2 Å². The Kier molecular flexibility index (Phi) is 3.92. The van der Waals surface area contributed by atoms with E-state index < -0.39 is 8.32 Å². The van der Waals surface area contributed by atoms with Crippen molar-refractivity contribution in [2.45, 2.75) is 45.0 Å². The maximum absolute atomic E-state index is 6.22. The molecule has 0 spiro atoms. The molecule has 0 aromatic heterocycles. The summed E-state index contributed by atoms with van der Waals surface area (Å²) in [6, 6.07) is 7.91. The zero-order valence-corrected chi connectivity index (χ0v) is 13.5. The molecule has 1 saturated heterocycles. The molecule has 1 heterocycles. The molecular weight excluding hydrogens is 256 g/mol. The van der Waals surface area contributed by atoms with Crippen molar-refractivity contribution in [3.63, 3.8) is 0 Å². The van der Waals surface area contributed by atoms with E-state index in [2.05, 4.69) is 33.9 Å². The summed E-state index contributed by atoms with van der Waals surface area (Å²) in [5, 5.41) is 0.214. The van der Waals surface area contributed by atoms with Gasteiger partial charge in [0.05, 0.1) is 6.61 Å². The Hall–Kier alpha value is -1.00. The molecule has 0 aliphatic carbocycles. The summed E-state index contributed by atoms with van der Waals surface area (Å²) in [5.74, 6) is 1.81. The minimum Gasteiger partial charge on any atom is -0.543 e. The van der Waals surface area contributed by atoms with Gasteiger partial charge in [0.25, 0.3) is 0 Å². The minimum absolute atomic E-state index is 0.214. The summed E-state index contributed by atoms with van der Waals surface area (Å²) in [7, 11) is -1.75. The van der Waals surface area contributed by atoms with Gasteiger partial charge in [0.15, 0.2) is 0 Å². The third kappa shape index (κ3) is 3.98. The van der Waals surface area contributed by atoms with E-state index in [0.29, 0.717) is 12.7 Å². The Bertz CT molecular complexity index is 416. The van der Waals surface area contributed by atoms with Gasteiger partial charge in [-0.1, -0.05) is 20.8 Å². The number of rotatable bonds is 5. The fourth-order valence-corrected chi connectivity index (χ4v) is 2.44. The van der Waals surface area contributed by atoms with Crippen LogP contribution in [0.3, 0.4) is 0 Å². The first-order valence-electron chi connectivity index (χ1n) is 6.81. The Morgan fingerprint density at radius 2 is 1.68 bits per heavy atom. The van der Waals surface area contributed by atoms with Gasteiger partial charge in [0.2, 0.25) is 8.32 Å². The lowest BCUT2D eigenvalue weighted by Crippen LogP contribution is -2.43. The van der Waals surface area contributed by atoms with Crippen molar-refractivity contribution in [1.82, 2.24) is 0 Å². The van der Waals surface area contributed by atoms with Crippen LogP contribution >= 0.6 is 0 Å². The van der Waals surface area contributed by atoms with Gasteiger partial charge in [-0.15, -0.1) is 0 Å². The van der Waals surface area contributed by atoms with Crippen LogP contribution in [-0.2, 0) is 4.74 Å². The minimum atomic E-state index is -1.75. The van der Waals surface area contributed by atoms with Crippen LogP contribution in [-0.4, -0.2) is 27.6 Å². The van der Waals surface area contributed by atoms with Crippen LogP contribution in [0.15, 0.2) is 24.3 Å². The first-order chi connectivity index (χ1) is 8.78. The Morgan fingerprint density at radius 1 is 1.16 bits per heavy atom. The molecule has 106 valence electrons. The quantitative estimate of drug-likeness (QED) is 0.606. The molecule has 0 N–H and O–H groups in total. The van der Waals surface area contributed by atoms with E-state index >= 15 is 0 Å². The third-order valence-corrected chi connectivity index (χ3v) is 8.20. The molecule has 1 aromatic rings. The first-order valence-corrected chi connectivity index (χ1v) is 9.72. The number of benzene rings is 1. The van der Waals surface area contributed by atoms with Crippen molar-refractivity contribution < 1.29 is 13.9 Å². The molecule has 0 radical (unpaired) electrons. The van der Waals surface area contributed by atoms with Crippen LogP contribution in [0.1, 0.15) is 20.8 Å². The molecule has 19 heavy (non-hydrogen) atoms. The summed E-state index contributed by atoms with van der Waals surface area (Å²) in [5.41, 5.74) is 0. The van der Waals surface area contributed by atoms with Crippen molar-refractivity contribution in [3.8, 4) is 11.5 Å². The predicted molar refractivity (Wildman–Crippen MR) is 79.5 cm³/mol. The van der Waals surface area contributed by atoms with E-state index in [1.165, 1.54) is 0 Å². The lowest BCUT2D eigenvalue weighted by atomic mass is 10.2. The van der Waals surface area contributed by atoms with E-state index in [1.54, 1.807) is 0 Å². The van der Waals surface area contributed by atoms with E-state index in [0.717, 1.165) is 18.1 Å². The van der Waals surface area contributed by atoms with E-state index in [9.17, 15) is 0 Å². The standard InChI is InChI=1S/C15H24O3Si/c1-15(2,3)19(4,5)18-13-8-6-12(7-9-13)16-10-14-11-17-14/h6-9,14H,10-11H2,1-5H3. The predicted octanol–water partition coefficient (Wildman–Crippen LogP) is 3.85. The molecule has 0 bridgehead atoms. The van der Waals surface area contributed by atoms with Crippen LogP contribution in [0.5, 0.6) is 11.5 Å². The molecule has 1 aromatic carbocycles. The molecule has 2 rings (SSSR count). The monoisotopic (exact) mass is 280 g/mol. The Labute approximate surface area is 117 Å². The molecule has 1 fully saturated rings. The third-order valence-electron chi connectivity index (χ3n) is 3.84. The van der Waals surface area contributed by atoms with E-state index in [4.69, 9.17) is 13.9 Å². The van der Waals surface area contributed by atoms with Crippen molar-refractivity contribution in [3.05, 3.63) is 24.3 Å². The number of epoxide rings is 1. The highest BCUT2D eigenvalue weighted by Gasteiger charge is 2.38. The maximum Gasteiger partial charge on any atom is 0.250 e. The van der Waals surface area contributed by atoms with Crippen LogP contribution in [0.4, 0.5) is 0 Å². The first kappa shape index (κ1) is 14.4. The van der Waals surface area contributed by atoms with Crippen LogP contribution in [0, 0.1) is 0 Å². The van der Waals surface area contributed by atoms with Crippen molar-refractivity contribution in [2.24, 2.45) is 0 Å². The number of hydrogen-bond acceptors (Lipinski definition) is 3. The highest BCUT2D eigenvalue weighted by Crippen LogP contribution is 2.37. The molecule has 4 heteroatoms. The molecular formula is C15H24O3Si. The largest absolute Gasteiger partial charge is 0.543 e. The van der Waals surface area contributed by atoms with Gasteiger partial charge in [-0.25, -0.2) is 0 Å². The fraction of sp³-hybridized carbons (Fsp3) is 0.600. The van der Waals surface area contributed by atoms with E-state index in [-0.39, 0.29) is 5.04 Å². The van der Waals surface area contributed by atoms with Crippen molar-refractivity contribution in [1.29, 1.82) is 0 Å². The number of ether oxygens (including phenoxy) is 2. The fourth-order valence-electron chi connectivity index (χ4n) is 1.41. The van der Waals surface area contributed by atoms with Crippen LogP contribution in [0.2, 0.25) is 18.1 Å². The van der Waals surface area contributed by atoms with Crippen molar-refractivity contribution >= 4 is 8.32 Å². The smallest absolute Gasteiger partial charge is 0.250 e. The summed E-state index contributed by atoms with van der Waals surface area (Å²) in [4.78, 5) is 0. The SMILES string of the molecule is CC(C)(C)[Si](C)(C)Oc1ccc(OCC2CO2)cc1. The Balaban J connectivity index is 1.94. The maximum atomic E-state index is 6.22. The van der Waals surface area contributed by atoms with Gasteiger partial charge in [-0.2, -0.15) is 0 Å². The molecule has 1 atom stereocenters. The van der Waals surface area contributed by atoms with Gasteiger partial charge in [-0.3, -0.25) is 0 Å². The second-order valence-corrected chi connectivity index (χ2v) is 11.3. The molecule has 0 saturated carbocycles. The van der Waals surface area contributed by atoms with Gasteiger partial charge in [0.1, 0.15) is 24.2 Å². The lowest BCUT2D eigenvalue weighted by molar-refractivity contribution is 0.263. The van der Waals surface area contributed by atoms with Crippen LogP contribution < -0.4 is 9.16 Å². The topological polar surface area (TPSA) is 31.0 Å². The second kappa shape index (κ2) is 5.17. The molecule has 1 aliphatic rings. The molecule has 3 nitrogen and oxygen atoms in total. The average Bonchev–Trinajstić information content (AvgIpc) is 3.10. The summed E-state index contributed by atoms with van der Waals surface area (Å²) >= 11 is 0. The zero-order valence-electron chi connectivity index (χ0n) is 12.5. The highest BCUT2D eigenvalue weighted by atomic mass is 28.4. The number of hydrogen-bond donors (Lipinski definition) is 0. The second-order valence-electron chi connectivity index (χ2n) is 6.60. The van der Waals surface area contributed by atoms with E-state index in [1.807, 2.05) is 24.3 Å². The molecule has 1 unspecified atom stereocenters.